The minimum Gasteiger partial charge on any atom is -0.486 e. The third-order valence-electron chi connectivity index (χ3n) is 6.35. The van der Waals surface area contributed by atoms with Gasteiger partial charge in [-0.05, 0) is 73.5 Å². The Morgan fingerprint density at radius 1 is 1.03 bits per heavy atom. The molecule has 198 valence electrons. The first-order valence-electron chi connectivity index (χ1n) is 12.1. The van der Waals surface area contributed by atoms with Gasteiger partial charge in [0.25, 0.3) is 10.0 Å². The zero-order valence-electron chi connectivity index (χ0n) is 20.6. The number of ether oxygens (including phenoxy) is 2. The molecular formula is C27H26FN3O6S. The third-order valence-corrected chi connectivity index (χ3v) is 8.12. The van der Waals surface area contributed by atoms with E-state index in [1.807, 2.05) is 6.92 Å². The van der Waals surface area contributed by atoms with Crippen molar-refractivity contribution in [3.8, 4) is 11.5 Å². The van der Waals surface area contributed by atoms with Gasteiger partial charge in [-0.2, -0.15) is 0 Å². The summed E-state index contributed by atoms with van der Waals surface area (Å²) in [5.41, 5.74) is 2.16. The molecule has 0 bridgehead atoms. The molecule has 1 N–H and O–H groups in total. The number of nitrogens with zero attached hydrogens (tertiary/aromatic N) is 2. The summed E-state index contributed by atoms with van der Waals surface area (Å²) in [6, 6.07) is 14.2. The molecule has 38 heavy (non-hydrogen) atoms. The predicted octanol–water partition coefficient (Wildman–Crippen LogP) is 3.87. The van der Waals surface area contributed by atoms with Crippen LogP contribution in [0.1, 0.15) is 18.4 Å². The molecule has 3 aromatic carbocycles. The number of aryl methyl sites for hydroxylation is 1. The van der Waals surface area contributed by atoms with E-state index in [9.17, 15) is 22.4 Å². The molecular weight excluding hydrogens is 513 g/mol. The van der Waals surface area contributed by atoms with E-state index >= 15 is 0 Å². The maximum atomic E-state index is 13.7. The summed E-state index contributed by atoms with van der Waals surface area (Å²) in [5, 5.41) is 2.73. The highest BCUT2D eigenvalue weighted by Crippen LogP contribution is 2.34. The van der Waals surface area contributed by atoms with Crippen LogP contribution in [0.15, 0.2) is 65.6 Å². The number of amides is 2. The fourth-order valence-electron chi connectivity index (χ4n) is 4.50. The van der Waals surface area contributed by atoms with Crippen LogP contribution in [-0.4, -0.2) is 46.5 Å². The van der Waals surface area contributed by atoms with Crippen molar-refractivity contribution in [1.82, 2.24) is 0 Å². The molecule has 9 nitrogen and oxygen atoms in total. The van der Waals surface area contributed by atoms with Crippen molar-refractivity contribution in [2.24, 2.45) is 0 Å². The lowest BCUT2D eigenvalue weighted by atomic mass is 10.1. The van der Waals surface area contributed by atoms with Gasteiger partial charge in [0.05, 0.1) is 10.6 Å². The fourth-order valence-corrected chi connectivity index (χ4v) is 5.94. The fraction of sp³-hybridized carbons (Fsp3) is 0.259. The average molecular weight is 540 g/mol. The lowest BCUT2D eigenvalue weighted by molar-refractivity contribution is -0.117. The molecule has 0 atom stereocenters. The summed E-state index contributed by atoms with van der Waals surface area (Å²) >= 11 is 0. The second-order valence-electron chi connectivity index (χ2n) is 8.99. The van der Waals surface area contributed by atoms with Crippen LogP contribution >= 0.6 is 0 Å². The average Bonchev–Trinajstić information content (AvgIpc) is 3.33. The molecule has 0 spiro atoms. The number of fused-ring (bicyclic) bond motifs is 1. The Bertz CT molecular complexity index is 1490. The number of carbonyl (C=O) groups is 2. The largest absolute Gasteiger partial charge is 0.486 e. The van der Waals surface area contributed by atoms with Crippen molar-refractivity contribution in [1.29, 1.82) is 0 Å². The topological polar surface area (TPSA) is 105 Å². The van der Waals surface area contributed by atoms with Crippen molar-refractivity contribution in [3.05, 3.63) is 72.0 Å². The molecule has 2 amide bonds. The molecule has 3 aromatic rings. The maximum absolute atomic E-state index is 13.7. The standard InChI is InChI=1S/C27H26FN3O6S/c1-18-15-20(6-10-23(18)30-12-2-3-27(30)33)29-26(32)17-31(21-7-4-19(28)5-8-21)38(34,35)22-9-11-24-25(16-22)37-14-13-36-24/h4-11,15-16H,2-3,12-14,17H2,1H3,(H,29,32). The number of rotatable bonds is 7. The van der Waals surface area contributed by atoms with Crippen LogP contribution < -0.4 is 24.0 Å². The van der Waals surface area contributed by atoms with E-state index in [1.165, 1.54) is 30.3 Å². The number of anilines is 3. The summed E-state index contributed by atoms with van der Waals surface area (Å²) < 4.78 is 52.9. The highest BCUT2D eigenvalue weighted by molar-refractivity contribution is 7.92. The van der Waals surface area contributed by atoms with Crippen LogP contribution in [0, 0.1) is 12.7 Å². The highest BCUT2D eigenvalue weighted by atomic mass is 32.2. The monoisotopic (exact) mass is 539 g/mol. The van der Waals surface area contributed by atoms with E-state index in [2.05, 4.69) is 5.32 Å². The summed E-state index contributed by atoms with van der Waals surface area (Å²) in [6.07, 6.45) is 1.31. The molecule has 0 radical (unpaired) electrons. The number of sulfonamides is 1. The van der Waals surface area contributed by atoms with Crippen LogP contribution in [0.25, 0.3) is 0 Å². The van der Waals surface area contributed by atoms with Crippen molar-refractivity contribution in [2.45, 2.75) is 24.7 Å². The lowest BCUT2D eigenvalue weighted by Gasteiger charge is -2.25. The van der Waals surface area contributed by atoms with Gasteiger partial charge in [-0.15, -0.1) is 0 Å². The van der Waals surface area contributed by atoms with Gasteiger partial charge in [0.15, 0.2) is 11.5 Å². The van der Waals surface area contributed by atoms with Crippen LogP contribution in [0.2, 0.25) is 0 Å². The van der Waals surface area contributed by atoms with Gasteiger partial charge < -0.3 is 19.7 Å². The van der Waals surface area contributed by atoms with Gasteiger partial charge in [-0.3, -0.25) is 13.9 Å². The van der Waals surface area contributed by atoms with E-state index < -0.39 is 28.3 Å². The van der Waals surface area contributed by atoms with E-state index in [0.717, 1.165) is 34.1 Å². The smallest absolute Gasteiger partial charge is 0.264 e. The molecule has 1 saturated heterocycles. The highest BCUT2D eigenvalue weighted by Gasteiger charge is 2.29. The molecule has 1 fully saturated rings. The molecule has 11 heteroatoms. The zero-order valence-corrected chi connectivity index (χ0v) is 21.5. The molecule has 0 unspecified atom stereocenters. The molecule has 0 saturated carbocycles. The second kappa shape index (κ2) is 10.3. The van der Waals surface area contributed by atoms with Crippen LogP contribution in [-0.2, 0) is 19.6 Å². The first kappa shape index (κ1) is 25.5. The van der Waals surface area contributed by atoms with Crippen molar-refractivity contribution in [2.75, 3.05) is 40.8 Å². The quantitative estimate of drug-likeness (QED) is 0.489. The first-order valence-corrected chi connectivity index (χ1v) is 13.6. The Kier molecular flexibility index (Phi) is 6.94. The van der Waals surface area contributed by atoms with Gasteiger partial charge in [0.1, 0.15) is 25.6 Å². The summed E-state index contributed by atoms with van der Waals surface area (Å²) in [4.78, 5) is 26.8. The van der Waals surface area contributed by atoms with Crippen LogP contribution in [0.3, 0.4) is 0 Å². The minimum atomic E-state index is -4.25. The van der Waals surface area contributed by atoms with Gasteiger partial charge in [-0.25, -0.2) is 12.8 Å². The number of nitrogens with one attached hydrogen (secondary N) is 1. The lowest BCUT2D eigenvalue weighted by Crippen LogP contribution is -2.38. The number of benzene rings is 3. The van der Waals surface area contributed by atoms with Gasteiger partial charge in [-0.1, -0.05) is 0 Å². The van der Waals surface area contributed by atoms with E-state index in [1.54, 1.807) is 23.1 Å². The number of carbonyl (C=O) groups excluding carboxylic acids is 2. The van der Waals surface area contributed by atoms with Crippen LogP contribution in [0.4, 0.5) is 21.5 Å². The molecule has 2 heterocycles. The van der Waals surface area contributed by atoms with Crippen molar-refractivity contribution < 1.29 is 31.9 Å². The predicted molar refractivity (Wildman–Crippen MR) is 140 cm³/mol. The summed E-state index contributed by atoms with van der Waals surface area (Å²) in [6.45, 7) is 2.57. The molecule has 2 aliphatic heterocycles. The normalized spacial score (nSPS) is 14.9. The zero-order chi connectivity index (χ0) is 26.9. The summed E-state index contributed by atoms with van der Waals surface area (Å²) in [5.74, 6) is -0.366. The number of hydrogen-bond donors (Lipinski definition) is 1. The van der Waals surface area contributed by atoms with Crippen LogP contribution in [0.5, 0.6) is 11.5 Å². The number of hydrogen-bond acceptors (Lipinski definition) is 6. The third kappa shape index (κ3) is 5.14. The molecule has 5 rings (SSSR count). The molecule has 2 aliphatic rings. The molecule has 0 aromatic heterocycles. The Labute approximate surface area is 219 Å². The Balaban J connectivity index is 1.40. The Hall–Kier alpha value is -4.12. The van der Waals surface area contributed by atoms with Crippen molar-refractivity contribution >= 4 is 38.9 Å². The molecule has 0 aliphatic carbocycles. The van der Waals surface area contributed by atoms with E-state index in [-0.39, 0.29) is 28.8 Å². The Morgan fingerprint density at radius 3 is 2.45 bits per heavy atom. The second-order valence-corrected chi connectivity index (χ2v) is 10.9. The van der Waals surface area contributed by atoms with Gasteiger partial charge in [0.2, 0.25) is 11.8 Å². The Morgan fingerprint density at radius 2 is 1.76 bits per heavy atom. The summed E-state index contributed by atoms with van der Waals surface area (Å²) in [7, 11) is -4.25. The first-order chi connectivity index (χ1) is 18.2. The minimum absolute atomic E-state index is 0.0594. The maximum Gasteiger partial charge on any atom is 0.264 e. The van der Waals surface area contributed by atoms with E-state index in [4.69, 9.17) is 9.47 Å². The van der Waals surface area contributed by atoms with Gasteiger partial charge >= 0.3 is 0 Å². The van der Waals surface area contributed by atoms with Crippen molar-refractivity contribution in [3.63, 3.8) is 0 Å². The van der Waals surface area contributed by atoms with Gasteiger partial charge in [0, 0.05) is 30.4 Å². The number of halogens is 1. The SMILES string of the molecule is Cc1cc(NC(=O)CN(c2ccc(F)cc2)S(=O)(=O)c2ccc3c(c2)OCCO3)ccc1N1CCCC1=O. The van der Waals surface area contributed by atoms with E-state index in [0.29, 0.717) is 31.0 Å².